The van der Waals surface area contributed by atoms with Gasteiger partial charge in [0.1, 0.15) is 6.04 Å². The van der Waals surface area contributed by atoms with Crippen LogP contribution in [0.3, 0.4) is 0 Å². The van der Waals surface area contributed by atoms with Crippen LogP contribution in [-0.2, 0) is 9.59 Å². The molecule has 0 bridgehead atoms. The van der Waals surface area contributed by atoms with E-state index in [0.29, 0.717) is 0 Å². The molecule has 0 aromatic rings. The molecule has 3 atom stereocenters. The third kappa shape index (κ3) is 4.18. The second-order valence-electron chi connectivity index (χ2n) is 4.54. The van der Waals surface area contributed by atoms with Crippen molar-refractivity contribution in [2.75, 3.05) is 0 Å². The fourth-order valence-electron chi connectivity index (χ4n) is 1.28. The quantitative estimate of drug-likeness (QED) is 0.597. The van der Waals surface area contributed by atoms with Crippen molar-refractivity contribution in [1.82, 2.24) is 5.32 Å². The van der Waals surface area contributed by atoms with E-state index in [9.17, 15) is 9.59 Å². The minimum absolute atomic E-state index is 0.0146. The summed E-state index contributed by atoms with van der Waals surface area (Å²) in [6, 6.07) is -1.24. The van der Waals surface area contributed by atoms with Gasteiger partial charge in [0.15, 0.2) is 0 Å². The van der Waals surface area contributed by atoms with Crippen molar-refractivity contribution in [2.45, 2.75) is 46.2 Å². The maximum absolute atomic E-state index is 11.7. The van der Waals surface area contributed by atoms with Crippen LogP contribution < -0.4 is 16.8 Å². The fraction of sp³-hybridized carbons (Fsp3) is 0.818. The molecule has 0 spiro atoms. The largest absolute Gasteiger partial charge is 0.368 e. The second kappa shape index (κ2) is 6.48. The topological polar surface area (TPSA) is 98.2 Å². The Morgan fingerprint density at radius 3 is 2.06 bits per heavy atom. The summed E-state index contributed by atoms with van der Waals surface area (Å²) >= 11 is 0. The zero-order chi connectivity index (χ0) is 12.9. The summed E-state index contributed by atoms with van der Waals surface area (Å²) in [4.78, 5) is 22.9. The second-order valence-corrected chi connectivity index (χ2v) is 4.54. The van der Waals surface area contributed by atoms with Gasteiger partial charge < -0.3 is 16.8 Å². The van der Waals surface area contributed by atoms with Crippen molar-refractivity contribution in [3.8, 4) is 0 Å². The minimum atomic E-state index is -0.637. The van der Waals surface area contributed by atoms with Crippen LogP contribution in [0.25, 0.3) is 0 Å². The molecule has 2 amide bonds. The molecule has 0 aromatic heterocycles. The molecule has 0 radical (unpaired) electrons. The lowest BCUT2D eigenvalue weighted by molar-refractivity contribution is -0.129. The molecule has 94 valence electrons. The first-order valence-electron chi connectivity index (χ1n) is 5.66. The lowest BCUT2D eigenvalue weighted by Gasteiger charge is -2.24. The molecule has 0 aliphatic rings. The van der Waals surface area contributed by atoms with Gasteiger partial charge in [-0.15, -0.1) is 0 Å². The van der Waals surface area contributed by atoms with Gasteiger partial charge in [0.25, 0.3) is 0 Å². The molecule has 0 heterocycles. The summed E-state index contributed by atoms with van der Waals surface area (Å²) in [5.41, 5.74) is 10.9. The SMILES string of the molecule is CCC(C)C(NC(=O)C(N)C(C)C)C(N)=O. The van der Waals surface area contributed by atoms with Crippen LogP contribution in [0.1, 0.15) is 34.1 Å². The highest BCUT2D eigenvalue weighted by atomic mass is 16.2. The lowest BCUT2D eigenvalue weighted by Crippen LogP contribution is -2.54. The molecular weight excluding hydrogens is 206 g/mol. The third-order valence-corrected chi connectivity index (χ3v) is 2.84. The van der Waals surface area contributed by atoms with Gasteiger partial charge in [0.05, 0.1) is 6.04 Å². The Morgan fingerprint density at radius 2 is 1.75 bits per heavy atom. The van der Waals surface area contributed by atoms with E-state index < -0.39 is 18.0 Å². The van der Waals surface area contributed by atoms with Crippen molar-refractivity contribution in [3.63, 3.8) is 0 Å². The highest BCUT2D eigenvalue weighted by Gasteiger charge is 2.26. The molecule has 0 aliphatic heterocycles. The van der Waals surface area contributed by atoms with Crippen LogP contribution in [-0.4, -0.2) is 23.9 Å². The summed E-state index contributed by atoms with van der Waals surface area (Å²) in [5, 5.41) is 2.61. The van der Waals surface area contributed by atoms with Crippen LogP contribution in [0.2, 0.25) is 0 Å². The maximum Gasteiger partial charge on any atom is 0.240 e. The summed E-state index contributed by atoms with van der Waals surface area (Å²) in [6.45, 7) is 7.52. The number of hydrogen-bond acceptors (Lipinski definition) is 3. The van der Waals surface area contributed by atoms with Gasteiger partial charge in [-0.25, -0.2) is 0 Å². The van der Waals surface area contributed by atoms with Crippen LogP contribution in [0, 0.1) is 11.8 Å². The molecule has 0 saturated carbocycles. The summed E-state index contributed by atoms with van der Waals surface area (Å²) in [7, 11) is 0. The number of primary amides is 1. The monoisotopic (exact) mass is 229 g/mol. The summed E-state index contributed by atoms with van der Waals surface area (Å²) in [5.74, 6) is -0.788. The number of hydrogen-bond donors (Lipinski definition) is 3. The minimum Gasteiger partial charge on any atom is -0.368 e. The van der Waals surface area contributed by atoms with Gasteiger partial charge in [0, 0.05) is 0 Å². The van der Waals surface area contributed by atoms with Crippen molar-refractivity contribution in [3.05, 3.63) is 0 Å². The molecule has 5 heteroatoms. The number of nitrogens with two attached hydrogens (primary N) is 2. The fourth-order valence-corrected chi connectivity index (χ4v) is 1.28. The first-order chi connectivity index (χ1) is 7.31. The summed E-state index contributed by atoms with van der Waals surface area (Å²) in [6.07, 6.45) is 0.769. The smallest absolute Gasteiger partial charge is 0.240 e. The predicted octanol–water partition coefficient (Wildman–Crippen LogP) is -0.0141. The Kier molecular flexibility index (Phi) is 6.03. The number of carbonyl (C=O) groups is 2. The van der Waals surface area contributed by atoms with Gasteiger partial charge in [-0.1, -0.05) is 34.1 Å². The van der Waals surface area contributed by atoms with Gasteiger partial charge in [-0.05, 0) is 11.8 Å². The van der Waals surface area contributed by atoms with Crippen molar-refractivity contribution < 1.29 is 9.59 Å². The van der Waals surface area contributed by atoms with Crippen LogP contribution in [0.4, 0.5) is 0 Å². The zero-order valence-corrected chi connectivity index (χ0v) is 10.5. The van der Waals surface area contributed by atoms with E-state index in [0.717, 1.165) is 6.42 Å². The normalized spacial score (nSPS) is 16.6. The number of amides is 2. The molecule has 0 aromatic carbocycles. The summed E-state index contributed by atoms with van der Waals surface area (Å²) < 4.78 is 0. The van der Waals surface area contributed by atoms with E-state index in [1.807, 2.05) is 27.7 Å². The zero-order valence-electron chi connectivity index (χ0n) is 10.5. The van der Waals surface area contributed by atoms with Crippen molar-refractivity contribution in [1.29, 1.82) is 0 Å². The number of nitrogens with one attached hydrogen (secondary N) is 1. The van der Waals surface area contributed by atoms with E-state index in [-0.39, 0.29) is 17.7 Å². The first-order valence-corrected chi connectivity index (χ1v) is 5.66. The van der Waals surface area contributed by atoms with E-state index in [2.05, 4.69) is 5.32 Å². The van der Waals surface area contributed by atoms with Gasteiger partial charge >= 0.3 is 0 Å². The van der Waals surface area contributed by atoms with E-state index in [1.165, 1.54) is 0 Å². The highest BCUT2D eigenvalue weighted by molar-refractivity contribution is 5.89. The lowest BCUT2D eigenvalue weighted by atomic mass is 9.97. The van der Waals surface area contributed by atoms with Crippen molar-refractivity contribution >= 4 is 11.8 Å². The predicted molar refractivity (Wildman–Crippen MR) is 63.4 cm³/mol. The molecule has 0 rings (SSSR count). The third-order valence-electron chi connectivity index (χ3n) is 2.84. The van der Waals surface area contributed by atoms with Gasteiger partial charge in [-0.2, -0.15) is 0 Å². The Hall–Kier alpha value is -1.10. The first kappa shape index (κ1) is 14.9. The van der Waals surface area contributed by atoms with Gasteiger partial charge in [0.2, 0.25) is 11.8 Å². The van der Waals surface area contributed by atoms with Crippen molar-refractivity contribution in [2.24, 2.45) is 23.3 Å². The Labute approximate surface area is 96.9 Å². The molecule has 16 heavy (non-hydrogen) atoms. The Bertz CT molecular complexity index is 254. The Morgan fingerprint density at radius 1 is 1.25 bits per heavy atom. The standard InChI is InChI=1S/C11H23N3O2/c1-5-7(4)9(10(13)15)14-11(16)8(12)6(2)3/h6-9H,5,12H2,1-4H3,(H2,13,15)(H,14,16). The van der Waals surface area contributed by atoms with E-state index in [1.54, 1.807) is 0 Å². The van der Waals surface area contributed by atoms with Crippen LogP contribution in [0.15, 0.2) is 0 Å². The van der Waals surface area contributed by atoms with E-state index in [4.69, 9.17) is 11.5 Å². The van der Waals surface area contributed by atoms with Crippen LogP contribution in [0.5, 0.6) is 0 Å². The molecule has 0 saturated heterocycles. The molecule has 5 nitrogen and oxygen atoms in total. The molecule has 0 fully saturated rings. The van der Waals surface area contributed by atoms with Crippen LogP contribution >= 0.6 is 0 Å². The highest BCUT2D eigenvalue weighted by Crippen LogP contribution is 2.08. The molecular formula is C11H23N3O2. The number of rotatable bonds is 6. The molecule has 3 unspecified atom stereocenters. The Balaban J connectivity index is 4.52. The van der Waals surface area contributed by atoms with Gasteiger partial charge in [-0.3, -0.25) is 9.59 Å². The maximum atomic E-state index is 11.7. The molecule has 5 N–H and O–H groups in total. The molecule has 0 aliphatic carbocycles. The number of carbonyl (C=O) groups excluding carboxylic acids is 2. The average Bonchev–Trinajstić information content (AvgIpc) is 2.22. The van der Waals surface area contributed by atoms with E-state index >= 15 is 0 Å². The average molecular weight is 229 g/mol.